The number of carbonyl (C=O) groups is 1. The molecule has 0 aliphatic rings. The molecule has 0 saturated heterocycles. The lowest BCUT2D eigenvalue weighted by Crippen LogP contribution is -2.41. The van der Waals surface area contributed by atoms with Crippen LogP contribution < -0.4 is 11.1 Å². The van der Waals surface area contributed by atoms with Gasteiger partial charge in [0.25, 0.3) is 0 Å². The van der Waals surface area contributed by atoms with E-state index in [1.54, 1.807) is 0 Å². The molecule has 3 nitrogen and oxygen atoms in total. The molecule has 0 radical (unpaired) electrons. The van der Waals surface area contributed by atoms with Gasteiger partial charge >= 0.3 is 0 Å². The highest BCUT2D eigenvalue weighted by molar-refractivity contribution is 5.85. The molecule has 20 heavy (non-hydrogen) atoms. The molecule has 0 aromatic heterocycles. The van der Waals surface area contributed by atoms with Crippen molar-refractivity contribution in [3.05, 3.63) is 35.4 Å². The van der Waals surface area contributed by atoms with Crippen LogP contribution in [0.15, 0.2) is 18.2 Å². The first-order chi connectivity index (χ1) is 9.06. The monoisotopic (exact) mass is 306 g/mol. The highest BCUT2D eigenvalue weighted by atomic mass is 35.5. The van der Waals surface area contributed by atoms with E-state index in [-0.39, 0.29) is 36.3 Å². The average molecular weight is 307 g/mol. The summed E-state index contributed by atoms with van der Waals surface area (Å²) in [4.78, 5) is 11.8. The average Bonchev–Trinajstić information content (AvgIpc) is 2.38. The minimum atomic E-state index is -0.575. The highest BCUT2D eigenvalue weighted by Crippen LogP contribution is 2.10. The third-order valence-corrected chi connectivity index (χ3v) is 2.91. The number of carbonyl (C=O) groups excluding carboxylic acids is 1. The van der Waals surface area contributed by atoms with E-state index in [0.29, 0.717) is 6.54 Å². The fourth-order valence-corrected chi connectivity index (χ4v) is 1.83. The van der Waals surface area contributed by atoms with Gasteiger partial charge in [-0.05, 0) is 24.6 Å². The summed E-state index contributed by atoms with van der Waals surface area (Å²) in [5.41, 5.74) is 5.62. The Hall–Kier alpha value is -1.20. The van der Waals surface area contributed by atoms with Crippen molar-refractivity contribution in [2.45, 2.75) is 38.6 Å². The Labute approximate surface area is 124 Å². The molecule has 1 atom stereocenters. The van der Waals surface area contributed by atoms with Gasteiger partial charge in [-0.15, -0.1) is 12.4 Å². The number of rotatable bonds is 7. The Morgan fingerprint density at radius 2 is 2.10 bits per heavy atom. The van der Waals surface area contributed by atoms with Crippen LogP contribution in [0.2, 0.25) is 0 Å². The first kappa shape index (κ1) is 18.8. The van der Waals surface area contributed by atoms with E-state index in [2.05, 4.69) is 12.2 Å². The van der Waals surface area contributed by atoms with Crippen molar-refractivity contribution < 1.29 is 13.6 Å². The Morgan fingerprint density at radius 3 is 2.70 bits per heavy atom. The van der Waals surface area contributed by atoms with Crippen molar-refractivity contribution in [3.8, 4) is 0 Å². The largest absolute Gasteiger partial charge is 0.352 e. The van der Waals surface area contributed by atoms with E-state index >= 15 is 0 Å². The molecule has 1 amide bonds. The summed E-state index contributed by atoms with van der Waals surface area (Å²) >= 11 is 0. The van der Waals surface area contributed by atoms with Gasteiger partial charge in [0.2, 0.25) is 5.91 Å². The van der Waals surface area contributed by atoms with Crippen LogP contribution in [0, 0.1) is 11.6 Å². The molecule has 114 valence electrons. The molecular formula is C14H21ClF2N2O. The second-order valence-corrected chi connectivity index (χ2v) is 4.55. The molecule has 0 aliphatic carbocycles. The van der Waals surface area contributed by atoms with Crippen molar-refractivity contribution in [1.82, 2.24) is 5.32 Å². The number of nitrogens with one attached hydrogen (secondary N) is 1. The van der Waals surface area contributed by atoms with Crippen molar-refractivity contribution in [1.29, 1.82) is 0 Å². The quantitative estimate of drug-likeness (QED) is 0.813. The zero-order valence-corrected chi connectivity index (χ0v) is 12.3. The van der Waals surface area contributed by atoms with Gasteiger partial charge in [0.15, 0.2) is 0 Å². The van der Waals surface area contributed by atoms with E-state index in [1.165, 1.54) is 0 Å². The molecule has 1 aromatic carbocycles. The van der Waals surface area contributed by atoms with Crippen molar-refractivity contribution in [2.75, 3.05) is 6.54 Å². The van der Waals surface area contributed by atoms with Crippen LogP contribution in [0.1, 0.15) is 31.7 Å². The summed E-state index contributed by atoms with van der Waals surface area (Å²) < 4.78 is 26.4. The summed E-state index contributed by atoms with van der Waals surface area (Å²) in [6.45, 7) is 2.40. The van der Waals surface area contributed by atoms with Gasteiger partial charge in [0, 0.05) is 18.2 Å². The van der Waals surface area contributed by atoms with Crippen molar-refractivity contribution in [2.24, 2.45) is 5.73 Å². The number of unbranched alkanes of at least 4 members (excludes halogenated alkanes) is 1. The van der Waals surface area contributed by atoms with Crippen molar-refractivity contribution >= 4 is 18.3 Å². The summed E-state index contributed by atoms with van der Waals surface area (Å²) in [5, 5.41) is 2.74. The van der Waals surface area contributed by atoms with E-state index in [1.807, 2.05) is 0 Å². The zero-order chi connectivity index (χ0) is 14.3. The highest BCUT2D eigenvalue weighted by Gasteiger charge is 2.13. The number of hydrogen-bond acceptors (Lipinski definition) is 2. The van der Waals surface area contributed by atoms with Crippen LogP contribution >= 0.6 is 12.4 Å². The predicted octanol–water partition coefficient (Wildman–Crippen LogP) is 2.56. The Bertz CT molecular complexity index is 430. The smallest absolute Gasteiger partial charge is 0.224 e. The van der Waals surface area contributed by atoms with Gasteiger partial charge in [-0.2, -0.15) is 0 Å². The SMILES string of the molecule is CCCCC(CN)NC(=O)Cc1cc(F)ccc1F.Cl. The Kier molecular flexibility index (Phi) is 9.08. The van der Waals surface area contributed by atoms with Gasteiger partial charge < -0.3 is 11.1 Å². The summed E-state index contributed by atoms with van der Waals surface area (Å²) in [7, 11) is 0. The molecule has 1 rings (SSSR count). The van der Waals surface area contributed by atoms with E-state index in [4.69, 9.17) is 5.73 Å². The maximum atomic E-state index is 13.4. The normalized spacial score (nSPS) is 11.6. The molecular weight excluding hydrogens is 286 g/mol. The lowest BCUT2D eigenvalue weighted by atomic mass is 10.1. The van der Waals surface area contributed by atoms with Gasteiger partial charge in [0.1, 0.15) is 11.6 Å². The van der Waals surface area contributed by atoms with Gasteiger partial charge in [-0.25, -0.2) is 8.78 Å². The minimum Gasteiger partial charge on any atom is -0.352 e. The molecule has 0 spiro atoms. The third kappa shape index (κ3) is 6.30. The van der Waals surface area contributed by atoms with Crippen LogP contribution in [0.4, 0.5) is 8.78 Å². The third-order valence-electron chi connectivity index (χ3n) is 2.91. The Balaban J connectivity index is 0.00000361. The van der Waals surface area contributed by atoms with Crippen LogP contribution in [-0.4, -0.2) is 18.5 Å². The predicted molar refractivity (Wildman–Crippen MR) is 77.8 cm³/mol. The fraction of sp³-hybridized carbons (Fsp3) is 0.500. The first-order valence-electron chi connectivity index (χ1n) is 6.50. The van der Waals surface area contributed by atoms with Gasteiger partial charge in [-0.1, -0.05) is 19.8 Å². The molecule has 0 aliphatic heterocycles. The number of halogens is 3. The molecule has 0 fully saturated rings. The van der Waals surface area contributed by atoms with Crippen LogP contribution in [0.25, 0.3) is 0 Å². The molecule has 6 heteroatoms. The minimum absolute atomic E-state index is 0. The lowest BCUT2D eigenvalue weighted by molar-refractivity contribution is -0.121. The molecule has 3 N–H and O–H groups in total. The Morgan fingerprint density at radius 1 is 1.40 bits per heavy atom. The van der Waals surface area contributed by atoms with E-state index in [9.17, 15) is 13.6 Å². The summed E-state index contributed by atoms with van der Waals surface area (Å²) in [6.07, 6.45) is 2.61. The molecule has 0 saturated carbocycles. The number of hydrogen-bond donors (Lipinski definition) is 2. The van der Waals surface area contributed by atoms with Crippen LogP contribution in [0.5, 0.6) is 0 Å². The second-order valence-electron chi connectivity index (χ2n) is 4.55. The molecule has 1 unspecified atom stereocenters. The van der Waals surface area contributed by atoms with Crippen LogP contribution in [0.3, 0.4) is 0 Å². The summed E-state index contributed by atoms with van der Waals surface area (Å²) in [5.74, 6) is -1.46. The standard InChI is InChI=1S/C14H20F2N2O.ClH/c1-2-3-4-12(9-17)18-14(19)8-10-7-11(15)5-6-13(10)16;/h5-7,12H,2-4,8-9,17H2,1H3,(H,18,19);1H. The topological polar surface area (TPSA) is 55.1 Å². The number of benzene rings is 1. The number of amides is 1. The van der Waals surface area contributed by atoms with E-state index in [0.717, 1.165) is 37.5 Å². The maximum absolute atomic E-state index is 13.4. The van der Waals surface area contributed by atoms with E-state index < -0.39 is 11.6 Å². The molecule has 1 aromatic rings. The van der Waals surface area contributed by atoms with Gasteiger partial charge in [-0.3, -0.25) is 4.79 Å². The fourth-order valence-electron chi connectivity index (χ4n) is 1.83. The zero-order valence-electron chi connectivity index (χ0n) is 11.5. The van der Waals surface area contributed by atoms with Crippen LogP contribution in [-0.2, 0) is 11.2 Å². The van der Waals surface area contributed by atoms with Crippen molar-refractivity contribution in [3.63, 3.8) is 0 Å². The molecule has 0 bridgehead atoms. The second kappa shape index (κ2) is 9.66. The molecule has 0 heterocycles. The summed E-state index contributed by atoms with van der Waals surface area (Å²) in [6, 6.07) is 2.98. The first-order valence-corrected chi connectivity index (χ1v) is 6.50. The lowest BCUT2D eigenvalue weighted by Gasteiger charge is -2.16. The van der Waals surface area contributed by atoms with Gasteiger partial charge in [0.05, 0.1) is 6.42 Å². The maximum Gasteiger partial charge on any atom is 0.224 e. The number of nitrogens with two attached hydrogens (primary N) is 1.